The van der Waals surface area contributed by atoms with Gasteiger partial charge < -0.3 is 9.64 Å². The highest BCUT2D eigenvalue weighted by atomic mass is 32.2. The van der Waals surface area contributed by atoms with Crippen molar-refractivity contribution in [3.8, 4) is 0 Å². The van der Waals surface area contributed by atoms with Crippen LogP contribution in [0.3, 0.4) is 0 Å². The number of aromatic nitrogens is 2. The Labute approximate surface area is 176 Å². The van der Waals surface area contributed by atoms with Gasteiger partial charge in [-0.15, -0.1) is 0 Å². The number of halogens is 1. The van der Waals surface area contributed by atoms with Gasteiger partial charge in [-0.1, -0.05) is 0 Å². The second-order valence-electron chi connectivity index (χ2n) is 7.77. The first-order valence-electron chi connectivity index (χ1n) is 9.80. The lowest BCUT2D eigenvalue weighted by Gasteiger charge is -2.33. The number of rotatable bonds is 6. The number of benzene rings is 1. The number of nitrogens with zero attached hydrogens (tertiary/aromatic N) is 3. The molecule has 8 nitrogen and oxygen atoms in total. The fourth-order valence-electron chi connectivity index (χ4n) is 3.47. The van der Waals surface area contributed by atoms with E-state index in [-0.39, 0.29) is 17.6 Å². The van der Waals surface area contributed by atoms with E-state index in [0.29, 0.717) is 26.2 Å². The minimum Gasteiger partial charge on any atom is -0.373 e. The van der Waals surface area contributed by atoms with Crippen LogP contribution in [0.5, 0.6) is 0 Å². The lowest BCUT2D eigenvalue weighted by molar-refractivity contribution is -0.0302. The molecule has 30 heavy (non-hydrogen) atoms. The van der Waals surface area contributed by atoms with E-state index in [9.17, 15) is 17.6 Å². The number of sulfonamides is 1. The van der Waals surface area contributed by atoms with Crippen LogP contribution in [0.1, 0.15) is 35.6 Å². The van der Waals surface area contributed by atoms with Gasteiger partial charge in [0.15, 0.2) is 0 Å². The Morgan fingerprint density at radius 2 is 2.07 bits per heavy atom. The summed E-state index contributed by atoms with van der Waals surface area (Å²) in [7, 11) is -4.06. The van der Waals surface area contributed by atoms with Crippen LogP contribution in [0, 0.1) is 19.7 Å². The standard InChI is InChI=1S/C20H27FN4O4S/c1-13(2)23-30(27,28)19-10-16(5-6-18(19)21)20(26)24-7-8-29-17(11-24)12-25-15(4)9-14(3)22-25/h5-6,9-10,13,17,23H,7-8,11-12H2,1-4H3. The molecule has 10 heteroatoms. The molecule has 1 aliphatic heterocycles. The number of morpholine rings is 1. The van der Waals surface area contributed by atoms with Crippen molar-refractivity contribution in [1.82, 2.24) is 19.4 Å². The van der Waals surface area contributed by atoms with Crippen LogP contribution in [-0.2, 0) is 21.3 Å². The first-order chi connectivity index (χ1) is 14.1. The molecule has 1 aromatic carbocycles. The topological polar surface area (TPSA) is 93.5 Å². The molecule has 0 bridgehead atoms. The maximum absolute atomic E-state index is 14.2. The van der Waals surface area contributed by atoms with Gasteiger partial charge in [0.2, 0.25) is 10.0 Å². The average molecular weight is 439 g/mol. The first-order valence-corrected chi connectivity index (χ1v) is 11.3. The van der Waals surface area contributed by atoms with Gasteiger partial charge in [-0.05, 0) is 52.0 Å². The molecule has 1 atom stereocenters. The molecule has 1 N–H and O–H groups in total. The first kappa shape index (κ1) is 22.4. The highest BCUT2D eigenvalue weighted by molar-refractivity contribution is 7.89. The molecule has 3 rings (SSSR count). The summed E-state index contributed by atoms with van der Waals surface area (Å²) >= 11 is 0. The summed E-state index contributed by atoms with van der Waals surface area (Å²) < 4.78 is 49.0. The van der Waals surface area contributed by atoms with Gasteiger partial charge in [0.1, 0.15) is 10.7 Å². The molecule has 2 heterocycles. The summed E-state index contributed by atoms with van der Waals surface area (Å²) in [5, 5.41) is 4.42. The molecule has 164 valence electrons. The maximum Gasteiger partial charge on any atom is 0.254 e. The second kappa shape index (κ2) is 8.83. The fourth-order valence-corrected chi connectivity index (χ4v) is 4.82. The minimum absolute atomic E-state index is 0.118. The molecule has 0 aliphatic carbocycles. The van der Waals surface area contributed by atoms with Crippen molar-refractivity contribution in [3.63, 3.8) is 0 Å². The van der Waals surface area contributed by atoms with Crippen LogP contribution in [-0.4, -0.2) is 60.8 Å². The highest BCUT2D eigenvalue weighted by Crippen LogP contribution is 2.19. The molecular weight excluding hydrogens is 411 g/mol. The Kier molecular flexibility index (Phi) is 6.59. The quantitative estimate of drug-likeness (QED) is 0.743. The Bertz CT molecular complexity index is 1040. The monoisotopic (exact) mass is 438 g/mol. The van der Waals surface area contributed by atoms with Crippen molar-refractivity contribution >= 4 is 15.9 Å². The summed E-state index contributed by atoms with van der Waals surface area (Å²) in [6.45, 7) is 8.72. The molecule has 0 spiro atoms. The average Bonchev–Trinajstić information content (AvgIpc) is 2.97. The lowest BCUT2D eigenvalue weighted by Crippen LogP contribution is -2.47. The molecule has 1 aliphatic rings. The molecule has 0 radical (unpaired) electrons. The van der Waals surface area contributed by atoms with E-state index in [0.717, 1.165) is 23.5 Å². The van der Waals surface area contributed by atoms with Gasteiger partial charge in [-0.2, -0.15) is 5.10 Å². The van der Waals surface area contributed by atoms with E-state index in [1.807, 2.05) is 24.6 Å². The molecule has 2 aromatic rings. The third-order valence-electron chi connectivity index (χ3n) is 4.76. The Morgan fingerprint density at radius 1 is 1.33 bits per heavy atom. The van der Waals surface area contributed by atoms with Crippen LogP contribution in [0.15, 0.2) is 29.2 Å². The number of amides is 1. The van der Waals surface area contributed by atoms with Crippen molar-refractivity contribution in [3.05, 3.63) is 47.0 Å². The van der Waals surface area contributed by atoms with Crippen molar-refractivity contribution in [1.29, 1.82) is 0 Å². The van der Waals surface area contributed by atoms with E-state index < -0.39 is 26.8 Å². The summed E-state index contributed by atoms with van der Waals surface area (Å²) in [5.74, 6) is -1.26. The normalized spacial score (nSPS) is 17.5. The lowest BCUT2D eigenvalue weighted by atomic mass is 10.1. The Balaban J connectivity index is 1.77. The molecule has 1 unspecified atom stereocenters. The van der Waals surface area contributed by atoms with Gasteiger partial charge in [-0.3, -0.25) is 9.48 Å². The van der Waals surface area contributed by atoms with Gasteiger partial charge in [0, 0.05) is 30.4 Å². The zero-order valence-electron chi connectivity index (χ0n) is 17.6. The fraction of sp³-hybridized carbons (Fsp3) is 0.500. The molecule has 1 fully saturated rings. The number of hydrogen-bond acceptors (Lipinski definition) is 5. The number of aryl methyl sites for hydroxylation is 2. The van der Waals surface area contributed by atoms with Crippen LogP contribution >= 0.6 is 0 Å². The van der Waals surface area contributed by atoms with Gasteiger partial charge in [0.25, 0.3) is 5.91 Å². The van der Waals surface area contributed by atoms with Crippen LogP contribution in [0.4, 0.5) is 4.39 Å². The molecule has 1 saturated heterocycles. The van der Waals surface area contributed by atoms with E-state index in [4.69, 9.17) is 4.74 Å². The SMILES string of the molecule is Cc1cc(C)n(CC2CN(C(=O)c3ccc(F)c(S(=O)(=O)NC(C)C)c3)CCO2)n1. The largest absolute Gasteiger partial charge is 0.373 e. The summed E-state index contributed by atoms with van der Waals surface area (Å²) in [4.78, 5) is 14.1. The van der Waals surface area contributed by atoms with Crippen LogP contribution < -0.4 is 4.72 Å². The third-order valence-corrected chi connectivity index (χ3v) is 6.44. The number of nitrogens with one attached hydrogen (secondary N) is 1. The molecule has 0 saturated carbocycles. The maximum atomic E-state index is 14.2. The van der Waals surface area contributed by atoms with Crippen molar-refractivity contribution < 1.29 is 22.3 Å². The van der Waals surface area contributed by atoms with Crippen molar-refractivity contribution in [2.24, 2.45) is 0 Å². The van der Waals surface area contributed by atoms with E-state index in [2.05, 4.69) is 9.82 Å². The van der Waals surface area contributed by atoms with Gasteiger partial charge in [0.05, 0.1) is 24.9 Å². The summed E-state index contributed by atoms with van der Waals surface area (Å²) in [5.41, 5.74) is 2.03. The van der Waals surface area contributed by atoms with Crippen LogP contribution in [0.25, 0.3) is 0 Å². The minimum atomic E-state index is -4.06. The highest BCUT2D eigenvalue weighted by Gasteiger charge is 2.28. The number of hydrogen-bond donors (Lipinski definition) is 1. The Hall–Kier alpha value is -2.30. The predicted molar refractivity (Wildman–Crippen MR) is 109 cm³/mol. The number of ether oxygens (including phenoxy) is 1. The van der Waals surface area contributed by atoms with Crippen LogP contribution in [0.2, 0.25) is 0 Å². The third kappa shape index (κ3) is 5.05. The van der Waals surface area contributed by atoms with Gasteiger partial charge >= 0.3 is 0 Å². The molecular formula is C20H27FN4O4S. The number of carbonyl (C=O) groups is 1. The zero-order chi connectivity index (χ0) is 22.1. The summed E-state index contributed by atoms with van der Waals surface area (Å²) in [6.07, 6.45) is -0.244. The smallest absolute Gasteiger partial charge is 0.254 e. The van der Waals surface area contributed by atoms with Crippen molar-refractivity contribution in [2.75, 3.05) is 19.7 Å². The van der Waals surface area contributed by atoms with E-state index in [1.54, 1.807) is 18.7 Å². The zero-order valence-corrected chi connectivity index (χ0v) is 18.4. The summed E-state index contributed by atoms with van der Waals surface area (Å²) in [6, 6.07) is 4.97. The van der Waals surface area contributed by atoms with Crippen molar-refractivity contribution in [2.45, 2.75) is 51.3 Å². The molecule has 1 amide bonds. The Morgan fingerprint density at radius 3 is 2.70 bits per heavy atom. The second-order valence-corrected chi connectivity index (χ2v) is 9.46. The predicted octanol–water partition coefficient (Wildman–Crippen LogP) is 1.87. The molecule has 1 aromatic heterocycles. The van der Waals surface area contributed by atoms with E-state index in [1.165, 1.54) is 6.07 Å². The van der Waals surface area contributed by atoms with Gasteiger partial charge in [-0.25, -0.2) is 17.5 Å². The number of carbonyl (C=O) groups excluding carboxylic acids is 1. The van der Waals surface area contributed by atoms with E-state index >= 15 is 0 Å².